The lowest BCUT2D eigenvalue weighted by atomic mass is 9.74. The van der Waals surface area contributed by atoms with Crippen LogP contribution in [0.2, 0.25) is 0 Å². The lowest BCUT2D eigenvalue weighted by Gasteiger charge is -2.34. The zero-order valence-electron chi connectivity index (χ0n) is 17.8. The summed E-state index contributed by atoms with van der Waals surface area (Å²) >= 11 is 0. The Labute approximate surface area is 181 Å². The van der Waals surface area contributed by atoms with Crippen molar-refractivity contribution in [1.29, 1.82) is 0 Å². The standard InChI is InChI=1S/C19H25F3N6O4/c1-10(2)23-18(30)31-8-11-4-12(5-11)14-7-16(26-25-14)24-17(29)15-6-13(27-28(15)3)9-32-19(20,21)22/h6-7,10-12H,4-5,8-9H2,1-3H3,(H,23,30)(H2,24,25,26,29)/t11-,12+. The van der Waals surface area contributed by atoms with Crippen molar-refractivity contribution in [3.8, 4) is 0 Å². The largest absolute Gasteiger partial charge is 0.522 e. The van der Waals surface area contributed by atoms with Crippen LogP contribution in [0.4, 0.5) is 23.8 Å². The number of aryl methyl sites for hydroxylation is 1. The molecule has 10 nitrogen and oxygen atoms in total. The summed E-state index contributed by atoms with van der Waals surface area (Å²) in [6.45, 7) is 3.26. The van der Waals surface area contributed by atoms with E-state index in [1.807, 2.05) is 13.8 Å². The summed E-state index contributed by atoms with van der Waals surface area (Å²) in [5.41, 5.74) is 0.880. The van der Waals surface area contributed by atoms with Gasteiger partial charge in [0.15, 0.2) is 5.82 Å². The van der Waals surface area contributed by atoms with Gasteiger partial charge in [0.2, 0.25) is 0 Å². The van der Waals surface area contributed by atoms with Crippen LogP contribution in [0.25, 0.3) is 0 Å². The SMILES string of the molecule is CC(C)NC(=O)OC[C@H]1C[C@@H](c2cc(NC(=O)c3cc(COC(F)(F)F)nn3C)n[nH]2)C1. The van der Waals surface area contributed by atoms with Gasteiger partial charge >= 0.3 is 12.5 Å². The van der Waals surface area contributed by atoms with Gasteiger partial charge in [-0.05, 0) is 38.7 Å². The van der Waals surface area contributed by atoms with Gasteiger partial charge in [-0.25, -0.2) is 4.79 Å². The first-order valence-corrected chi connectivity index (χ1v) is 10.0. The summed E-state index contributed by atoms with van der Waals surface area (Å²) in [5, 5.41) is 16.1. The average Bonchev–Trinajstić information content (AvgIpc) is 3.24. The van der Waals surface area contributed by atoms with Crippen molar-refractivity contribution in [1.82, 2.24) is 25.3 Å². The Hall–Kier alpha value is -3.09. The maximum Gasteiger partial charge on any atom is 0.522 e. The van der Waals surface area contributed by atoms with Gasteiger partial charge in [-0.3, -0.25) is 19.3 Å². The molecule has 0 aromatic carbocycles. The molecular weight excluding hydrogens is 433 g/mol. The Morgan fingerprint density at radius 2 is 2.03 bits per heavy atom. The van der Waals surface area contributed by atoms with E-state index >= 15 is 0 Å². The van der Waals surface area contributed by atoms with Crippen molar-refractivity contribution in [2.75, 3.05) is 11.9 Å². The Bertz CT molecular complexity index is 949. The molecule has 1 aliphatic rings. The highest BCUT2D eigenvalue weighted by atomic mass is 19.4. The van der Waals surface area contributed by atoms with Crippen molar-refractivity contribution >= 4 is 17.8 Å². The van der Waals surface area contributed by atoms with Crippen molar-refractivity contribution in [2.45, 2.75) is 51.6 Å². The Kier molecular flexibility index (Phi) is 7.06. The number of carbonyl (C=O) groups excluding carboxylic acids is 2. The van der Waals surface area contributed by atoms with E-state index in [4.69, 9.17) is 4.74 Å². The highest BCUT2D eigenvalue weighted by Gasteiger charge is 2.33. The third-order valence-electron chi connectivity index (χ3n) is 4.92. The molecule has 32 heavy (non-hydrogen) atoms. The van der Waals surface area contributed by atoms with Crippen molar-refractivity contribution < 1.29 is 32.2 Å². The van der Waals surface area contributed by atoms with Crippen LogP contribution >= 0.6 is 0 Å². The molecule has 0 radical (unpaired) electrons. The fourth-order valence-electron chi connectivity index (χ4n) is 3.35. The van der Waals surface area contributed by atoms with Crippen molar-refractivity contribution in [3.63, 3.8) is 0 Å². The molecule has 1 fully saturated rings. The molecule has 0 saturated heterocycles. The number of ether oxygens (including phenoxy) is 2. The number of halogens is 3. The molecule has 1 aliphatic carbocycles. The monoisotopic (exact) mass is 458 g/mol. The number of anilines is 1. The summed E-state index contributed by atoms with van der Waals surface area (Å²) in [6, 6.07) is 2.94. The third kappa shape index (κ3) is 6.45. The predicted molar refractivity (Wildman–Crippen MR) is 106 cm³/mol. The van der Waals surface area contributed by atoms with E-state index in [1.54, 1.807) is 6.07 Å². The van der Waals surface area contributed by atoms with E-state index in [0.29, 0.717) is 6.61 Å². The highest BCUT2D eigenvalue weighted by Crippen LogP contribution is 2.41. The number of nitrogens with one attached hydrogen (secondary N) is 3. The quantitative estimate of drug-likeness (QED) is 0.559. The second-order valence-electron chi connectivity index (χ2n) is 7.97. The molecule has 2 heterocycles. The number of alkyl halides is 3. The number of nitrogens with zero attached hydrogens (tertiary/aromatic N) is 3. The maximum absolute atomic E-state index is 12.4. The molecule has 0 spiro atoms. The highest BCUT2D eigenvalue weighted by molar-refractivity contribution is 6.02. The predicted octanol–water partition coefficient (Wildman–Crippen LogP) is 3.06. The molecule has 2 aromatic rings. The maximum atomic E-state index is 12.4. The molecule has 1 saturated carbocycles. The summed E-state index contributed by atoms with van der Waals surface area (Å²) in [6.07, 6.45) is -3.58. The average molecular weight is 458 g/mol. The molecule has 2 amide bonds. The second-order valence-corrected chi connectivity index (χ2v) is 7.97. The lowest BCUT2D eigenvalue weighted by molar-refractivity contribution is -0.330. The van der Waals surface area contributed by atoms with E-state index in [9.17, 15) is 22.8 Å². The van der Waals surface area contributed by atoms with Gasteiger partial charge in [-0.15, -0.1) is 13.2 Å². The van der Waals surface area contributed by atoms with Gasteiger partial charge in [0.25, 0.3) is 5.91 Å². The smallest absolute Gasteiger partial charge is 0.449 e. The zero-order valence-corrected chi connectivity index (χ0v) is 17.8. The Balaban J connectivity index is 1.47. The number of aromatic nitrogens is 4. The number of carbonyl (C=O) groups is 2. The number of alkyl carbamates (subject to hydrolysis) is 1. The van der Waals surface area contributed by atoms with E-state index in [-0.39, 0.29) is 35.1 Å². The van der Waals surface area contributed by atoms with Gasteiger partial charge in [0.1, 0.15) is 12.3 Å². The van der Waals surface area contributed by atoms with Crippen LogP contribution in [0.15, 0.2) is 12.1 Å². The van der Waals surface area contributed by atoms with Crippen LogP contribution in [0.1, 0.15) is 54.5 Å². The van der Waals surface area contributed by atoms with Gasteiger partial charge in [0.05, 0.1) is 12.3 Å². The topological polar surface area (TPSA) is 123 Å². The Morgan fingerprint density at radius 1 is 1.31 bits per heavy atom. The number of amides is 2. The van der Waals surface area contributed by atoms with Crippen LogP contribution < -0.4 is 10.6 Å². The fourth-order valence-corrected chi connectivity index (χ4v) is 3.35. The molecule has 0 bridgehead atoms. The molecule has 176 valence electrons. The van der Waals surface area contributed by atoms with E-state index in [2.05, 4.69) is 30.7 Å². The van der Waals surface area contributed by atoms with Crippen molar-refractivity contribution in [3.05, 3.63) is 29.2 Å². The molecular formula is C19H25F3N6O4. The first-order valence-electron chi connectivity index (χ1n) is 10.0. The zero-order chi connectivity index (χ0) is 23.5. The van der Waals surface area contributed by atoms with Gasteiger partial charge in [-0.1, -0.05) is 0 Å². The first-order chi connectivity index (χ1) is 15.0. The summed E-state index contributed by atoms with van der Waals surface area (Å²) in [7, 11) is 1.44. The molecule has 3 N–H and O–H groups in total. The lowest BCUT2D eigenvalue weighted by Crippen LogP contribution is -2.34. The second kappa shape index (κ2) is 9.59. The van der Waals surface area contributed by atoms with Crippen LogP contribution in [0, 0.1) is 5.92 Å². The number of aromatic amines is 1. The minimum Gasteiger partial charge on any atom is -0.449 e. The molecule has 0 atom stereocenters. The summed E-state index contributed by atoms with van der Waals surface area (Å²) < 4.78 is 46.6. The van der Waals surface area contributed by atoms with E-state index in [1.165, 1.54) is 17.8 Å². The number of rotatable bonds is 8. The fraction of sp³-hybridized carbons (Fsp3) is 0.579. The van der Waals surface area contributed by atoms with Gasteiger partial charge in [0, 0.05) is 30.8 Å². The molecule has 3 rings (SSSR count). The summed E-state index contributed by atoms with van der Waals surface area (Å²) in [5.74, 6) is 0.187. The molecule has 0 aliphatic heterocycles. The Morgan fingerprint density at radius 3 is 2.69 bits per heavy atom. The van der Waals surface area contributed by atoms with Gasteiger partial charge in [-0.2, -0.15) is 10.2 Å². The normalized spacial score (nSPS) is 18.3. The number of hydrogen-bond donors (Lipinski definition) is 3. The third-order valence-corrected chi connectivity index (χ3v) is 4.92. The molecule has 13 heteroatoms. The van der Waals surface area contributed by atoms with Crippen LogP contribution in [-0.4, -0.2) is 51.0 Å². The number of H-pyrrole nitrogens is 1. The van der Waals surface area contributed by atoms with Crippen LogP contribution in [0.5, 0.6) is 0 Å². The van der Waals surface area contributed by atoms with E-state index < -0.39 is 25.0 Å². The first kappa shape index (κ1) is 23.6. The van der Waals surface area contributed by atoms with Crippen molar-refractivity contribution in [2.24, 2.45) is 13.0 Å². The van der Waals surface area contributed by atoms with Crippen LogP contribution in [0.3, 0.4) is 0 Å². The van der Waals surface area contributed by atoms with E-state index in [0.717, 1.165) is 18.5 Å². The number of hydrogen-bond acceptors (Lipinski definition) is 6. The minimum absolute atomic E-state index is 0.0152. The van der Waals surface area contributed by atoms with Gasteiger partial charge < -0.3 is 15.4 Å². The summed E-state index contributed by atoms with van der Waals surface area (Å²) in [4.78, 5) is 24.0. The molecule has 0 unspecified atom stereocenters. The van der Waals surface area contributed by atoms with Crippen LogP contribution in [-0.2, 0) is 23.1 Å². The molecule has 2 aromatic heterocycles. The minimum atomic E-state index is -4.78.